The van der Waals surface area contributed by atoms with Gasteiger partial charge in [-0.15, -0.1) is 0 Å². The summed E-state index contributed by atoms with van der Waals surface area (Å²) in [5, 5.41) is 6.03. The van der Waals surface area contributed by atoms with Gasteiger partial charge in [0, 0.05) is 30.2 Å². The molecule has 38 heavy (non-hydrogen) atoms. The summed E-state index contributed by atoms with van der Waals surface area (Å²) in [4.78, 5) is 27.9. The number of fused-ring (bicyclic) bond motifs is 1. The molecule has 194 valence electrons. The second kappa shape index (κ2) is 12.0. The van der Waals surface area contributed by atoms with Crippen molar-refractivity contribution < 1.29 is 4.79 Å². The first-order valence-electron chi connectivity index (χ1n) is 12.1. The molecule has 9 nitrogen and oxygen atoms in total. The zero-order chi connectivity index (χ0) is 27.1. The summed E-state index contributed by atoms with van der Waals surface area (Å²) in [6.07, 6.45) is 5.53. The Hall–Kier alpha value is -4.76. The lowest BCUT2D eigenvalue weighted by atomic mass is 10.2. The van der Waals surface area contributed by atoms with Crippen molar-refractivity contribution in [2.24, 2.45) is 9.98 Å². The maximum absolute atomic E-state index is 12.5. The van der Waals surface area contributed by atoms with Gasteiger partial charge >= 0.3 is 0 Å². The van der Waals surface area contributed by atoms with E-state index in [0.29, 0.717) is 29.3 Å². The number of benzene rings is 2. The predicted octanol–water partition coefficient (Wildman–Crippen LogP) is 4.72. The minimum Gasteiger partial charge on any atom is -0.397 e. The third kappa shape index (κ3) is 6.32. The molecule has 2 heterocycles. The van der Waals surface area contributed by atoms with Gasteiger partial charge in [0.2, 0.25) is 0 Å². The van der Waals surface area contributed by atoms with Crippen LogP contribution in [0.1, 0.15) is 27.3 Å². The number of para-hydroxylation sites is 2. The highest BCUT2D eigenvalue weighted by Crippen LogP contribution is 2.22. The summed E-state index contributed by atoms with van der Waals surface area (Å²) < 4.78 is 2.02. The Kier molecular flexibility index (Phi) is 8.30. The largest absolute Gasteiger partial charge is 0.397 e. The highest BCUT2D eigenvalue weighted by molar-refractivity contribution is 6.05. The lowest BCUT2D eigenvalue weighted by Gasteiger charge is -2.10. The van der Waals surface area contributed by atoms with Gasteiger partial charge in [0.25, 0.3) is 5.91 Å². The number of allylic oxidation sites excluding steroid dienone is 1. The SMILES string of the molecule is C=N/C(=C\C=N/CNc1ccc(C(=O)Nc2ccccc2N)cc1)c1c(C)nc2cc(CN(C)C)ccn12. The van der Waals surface area contributed by atoms with Crippen molar-refractivity contribution in [3.63, 3.8) is 0 Å². The Morgan fingerprint density at radius 2 is 1.92 bits per heavy atom. The van der Waals surface area contributed by atoms with Crippen molar-refractivity contribution in [3.8, 4) is 0 Å². The first-order valence-corrected chi connectivity index (χ1v) is 12.1. The van der Waals surface area contributed by atoms with Gasteiger partial charge in [0.05, 0.1) is 28.5 Å². The number of carbonyl (C=O) groups is 1. The van der Waals surface area contributed by atoms with Gasteiger partial charge in [-0.3, -0.25) is 19.2 Å². The summed E-state index contributed by atoms with van der Waals surface area (Å²) in [6, 6.07) is 18.5. The van der Waals surface area contributed by atoms with E-state index in [1.54, 1.807) is 30.5 Å². The number of pyridine rings is 1. The van der Waals surface area contributed by atoms with Crippen molar-refractivity contribution in [2.45, 2.75) is 13.5 Å². The molecule has 0 aliphatic carbocycles. The molecule has 0 unspecified atom stereocenters. The number of hydrogen-bond acceptors (Lipinski definition) is 7. The zero-order valence-corrected chi connectivity index (χ0v) is 21.8. The molecule has 0 aliphatic heterocycles. The second-order valence-corrected chi connectivity index (χ2v) is 9.04. The maximum Gasteiger partial charge on any atom is 0.255 e. The van der Waals surface area contributed by atoms with E-state index in [-0.39, 0.29) is 5.91 Å². The fourth-order valence-electron chi connectivity index (χ4n) is 4.04. The highest BCUT2D eigenvalue weighted by atomic mass is 16.1. The normalized spacial score (nSPS) is 11.8. The number of aliphatic imine (C=N–C) groups is 2. The van der Waals surface area contributed by atoms with Gasteiger partial charge < -0.3 is 21.3 Å². The molecule has 2 aromatic carbocycles. The van der Waals surface area contributed by atoms with E-state index in [4.69, 9.17) is 10.7 Å². The fraction of sp³-hybridized carbons (Fsp3) is 0.172. The van der Waals surface area contributed by atoms with E-state index in [2.05, 4.69) is 44.4 Å². The summed E-state index contributed by atoms with van der Waals surface area (Å²) in [5.74, 6) is -0.223. The molecule has 4 aromatic rings. The van der Waals surface area contributed by atoms with Crippen molar-refractivity contribution >= 4 is 47.2 Å². The first-order chi connectivity index (χ1) is 18.4. The van der Waals surface area contributed by atoms with Crippen LogP contribution in [0.2, 0.25) is 0 Å². The van der Waals surface area contributed by atoms with E-state index in [1.165, 1.54) is 5.56 Å². The number of rotatable bonds is 10. The highest BCUT2D eigenvalue weighted by Gasteiger charge is 2.13. The number of imidazole rings is 1. The van der Waals surface area contributed by atoms with E-state index in [1.807, 2.05) is 62.0 Å². The Balaban J connectivity index is 1.37. The first kappa shape index (κ1) is 26.3. The lowest BCUT2D eigenvalue weighted by molar-refractivity contribution is 0.102. The van der Waals surface area contributed by atoms with Crippen LogP contribution in [0.25, 0.3) is 11.3 Å². The van der Waals surface area contributed by atoms with E-state index < -0.39 is 0 Å². The predicted molar refractivity (Wildman–Crippen MR) is 157 cm³/mol. The lowest BCUT2D eigenvalue weighted by Crippen LogP contribution is -2.13. The van der Waals surface area contributed by atoms with Gasteiger partial charge in [0.15, 0.2) is 0 Å². The molecule has 0 radical (unpaired) electrons. The van der Waals surface area contributed by atoms with E-state index in [9.17, 15) is 4.79 Å². The van der Waals surface area contributed by atoms with Crippen molar-refractivity contribution in [2.75, 3.05) is 37.1 Å². The zero-order valence-electron chi connectivity index (χ0n) is 21.8. The summed E-state index contributed by atoms with van der Waals surface area (Å²) in [7, 11) is 4.08. The number of amides is 1. The van der Waals surface area contributed by atoms with Crippen LogP contribution in [0.3, 0.4) is 0 Å². The number of nitrogens with one attached hydrogen (secondary N) is 2. The summed E-state index contributed by atoms with van der Waals surface area (Å²) in [6.45, 7) is 6.90. The van der Waals surface area contributed by atoms with Gasteiger partial charge in [-0.05, 0) is 87.9 Å². The molecule has 0 atom stereocenters. The molecule has 4 rings (SSSR count). The number of nitrogens with two attached hydrogens (primary N) is 1. The molecule has 0 saturated heterocycles. The van der Waals surface area contributed by atoms with Crippen molar-refractivity contribution in [3.05, 3.63) is 95.5 Å². The topological polar surface area (TPSA) is 112 Å². The molecule has 0 saturated carbocycles. The Morgan fingerprint density at radius 3 is 2.63 bits per heavy atom. The van der Waals surface area contributed by atoms with Gasteiger partial charge in [-0.2, -0.15) is 0 Å². The quantitative estimate of drug-likeness (QED) is 0.212. The standard InChI is InChI=1S/C29H32N8O/c1-20-28(37-16-14-21(18-36(3)4)17-27(37)34-20)26(31-2)13-15-32-19-33-23-11-9-22(10-12-23)29(38)35-25-8-6-5-7-24(25)30/h5-17,33H,2,18-19,30H2,1,3-4H3,(H,35,38)/b26-13-,32-15-. The number of carbonyl (C=O) groups excluding carboxylic acids is 1. The minimum absolute atomic E-state index is 0.223. The molecule has 1 amide bonds. The number of nitrogens with zero attached hydrogens (tertiary/aromatic N) is 5. The van der Waals surface area contributed by atoms with Crippen LogP contribution in [-0.2, 0) is 6.54 Å². The minimum atomic E-state index is -0.223. The van der Waals surface area contributed by atoms with Crippen LogP contribution in [0, 0.1) is 6.92 Å². The molecule has 2 aromatic heterocycles. The van der Waals surface area contributed by atoms with Crippen LogP contribution >= 0.6 is 0 Å². The maximum atomic E-state index is 12.5. The van der Waals surface area contributed by atoms with Crippen LogP contribution in [0.5, 0.6) is 0 Å². The van der Waals surface area contributed by atoms with Gasteiger partial charge in [-0.25, -0.2) is 4.98 Å². The number of nitrogen functional groups attached to an aromatic ring is 1. The van der Waals surface area contributed by atoms with Crippen molar-refractivity contribution in [1.82, 2.24) is 14.3 Å². The molecular weight excluding hydrogens is 476 g/mol. The Morgan fingerprint density at radius 1 is 1.16 bits per heavy atom. The average molecular weight is 509 g/mol. The van der Waals surface area contributed by atoms with Crippen LogP contribution in [-0.4, -0.2) is 53.9 Å². The smallest absolute Gasteiger partial charge is 0.255 e. The molecular formula is C29H32N8O. The average Bonchev–Trinajstić information content (AvgIpc) is 3.22. The van der Waals surface area contributed by atoms with E-state index in [0.717, 1.165) is 29.3 Å². The number of aromatic nitrogens is 2. The number of hydrogen-bond donors (Lipinski definition) is 3. The van der Waals surface area contributed by atoms with Crippen LogP contribution in [0.4, 0.5) is 17.1 Å². The number of aryl methyl sites for hydroxylation is 1. The van der Waals surface area contributed by atoms with Crippen molar-refractivity contribution in [1.29, 1.82) is 0 Å². The Labute approximate surface area is 222 Å². The Bertz CT molecular complexity index is 1500. The van der Waals surface area contributed by atoms with Gasteiger partial charge in [-0.1, -0.05) is 12.1 Å². The van der Waals surface area contributed by atoms with Crippen LogP contribution in [0.15, 0.2) is 82.9 Å². The van der Waals surface area contributed by atoms with E-state index >= 15 is 0 Å². The van der Waals surface area contributed by atoms with Gasteiger partial charge in [0.1, 0.15) is 12.3 Å². The molecule has 0 aliphatic rings. The molecule has 0 fully saturated rings. The molecule has 4 N–H and O–H groups in total. The summed E-state index contributed by atoms with van der Waals surface area (Å²) in [5.41, 5.74) is 12.9. The molecule has 0 bridgehead atoms. The fourth-order valence-corrected chi connectivity index (χ4v) is 4.04. The molecule has 0 spiro atoms. The third-order valence-corrected chi connectivity index (χ3v) is 5.84. The second-order valence-electron chi connectivity index (χ2n) is 9.04. The third-order valence-electron chi connectivity index (χ3n) is 5.84. The summed E-state index contributed by atoms with van der Waals surface area (Å²) >= 11 is 0. The number of anilines is 3. The van der Waals surface area contributed by atoms with Crippen LogP contribution < -0.4 is 16.4 Å². The molecule has 9 heteroatoms. The monoisotopic (exact) mass is 508 g/mol.